The molecule has 1 aliphatic carbocycles. The van der Waals surface area contributed by atoms with Crippen LogP contribution in [0.3, 0.4) is 0 Å². The van der Waals surface area contributed by atoms with Gasteiger partial charge in [-0.3, -0.25) is 14.3 Å². The minimum atomic E-state index is -0.0987. The summed E-state index contributed by atoms with van der Waals surface area (Å²) in [6.07, 6.45) is 4.30. The first kappa shape index (κ1) is 24.1. The van der Waals surface area contributed by atoms with Gasteiger partial charge in [0.05, 0.1) is 23.8 Å². The maximum Gasteiger partial charge on any atom is 0.274 e. The molecule has 8 nitrogen and oxygen atoms in total. The molecule has 5 rings (SSSR count). The molecule has 2 aromatic rings. The molecule has 3 aliphatic rings. The zero-order valence-electron chi connectivity index (χ0n) is 20.4. The van der Waals surface area contributed by atoms with Crippen molar-refractivity contribution in [1.82, 2.24) is 19.6 Å². The van der Waals surface area contributed by atoms with Crippen molar-refractivity contribution in [2.45, 2.75) is 70.8 Å². The van der Waals surface area contributed by atoms with Gasteiger partial charge < -0.3 is 19.3 Å². The van der Waals surface area contributed by atoms with E-state index < -0.39 is 0 Å². The lowest BCUT2D eigenvalue weighted by atomic mass is 10.1. The summed E-state index contributed by atoms with van der Waals surface area (Å²) in [6.45, 7) is 6.44. The third-order valence-electron chi connectivity index (χ3n) is 7.06. The average molecular weight is 501 g/mol. The van der Waals surface area contributed by atoms with Crippen LogP contribution in [0.1, 0.15) is 54.9 Å². The second kappa shape index (κ2) is 10.2. The van der Waals surface area contributed by atoms with Crippen LogP contribution >= 0.6 is 11.6 Å². The van der Waals surface area contributed by atoms with Crippen molar-refractivity contribution < 1.29 is 19.1 Å². The molecule has 0 saturated carbocycles. The summed E-state index contributed by atoms with van der Waals surface area (Å²) in [4.78, 5) is 30.3. The molecule has 0 bridgehead atoms. The molecule has 3 heterocycles. The van der Waals surface area contributed by atoms with Crippen LogP contribution < -0.4 is 4.74 Å². The number of nitrogens with zero attached hydrogens (tertiary/aromatic N) is 4. The Bertz CT molecular complexity index is 1090. The van der Waals surface area contributed by atoms with Gasteiger partial charge in [-0.2, -0.15) is 5.10 Å². The van der Waals surface area contributed by atoms with E-state index in [1.165, 1.54) is 0 Å². The van der Waals surface area contributed by atoms with Gasteiger partial charge >= 0.3 is 0 Å². The monoisotopic (exact) mass is 500 g/mol. The smallest absolute Gasteiger partial charge is 0.274 e. The van der Waals surface area contributed by atoms with Gasteiger partial charge in [-0.15, -0.1) is 0 Å². The van der Waals surface area contributed by atoms with E-state index in [0.717, 1.165) is 43.4 Å². The number of carbonyl (C=O) groups is 2. The van der Waals surface area contributed by atoms with E-state index in [2.05, 4.69) is 5.10 Å². The number of amides is 2. The molecule has 35 heavy (non-hydrogen) atoms. The number of halogens is 1. The highest BCUT2D eigenvalue weighted by Crippen LogP contribution is 2.29. The molecule has 1 aromatic carbocycles. The van der Waals surface area contributed by atoms with Crippen molar-refractivity contribution in [1.29, 1.82) is 0 Å². The minimum Gasteiger partial charge on any atom is -0.487 e. The second-order valence-electron chi connectivity index (χ2n) is 9.90. The first-order valence-electron chi connectivity index (χ1n) is 12.6. The molecule has 188 valence electrons. The lowest BCUT2D eigenvalue weighted by Crippen LogP contribution is -2.48. The Hall–Kier alpha value is -2.58. The number of aromatic nitrogens is 2. The van der Waals surface area contributed by atoms with Gasteiger partial charge in [0.15, 0.2) is 5.69 Å². The highest BCUT2D eigenvalue weighted by atomic mass is 35.5. The first-order valence-corrected chi connectivity index (χ1v) is 13.0. The largest absolute Gasteiger partial charge is 0.487 e. The van der Waals surface area contributed by atoms with Gasteiger partial charge in [-0.05, 0) is 58.1 Å². The van der Waals surface area contributed by atoms with Crippen LogP contribution in [0.15, 0.2) is 24.3 Å². The second-order valence-corrected chi connectivity index (χ2v) is 10.3. The Balaban J connectivity index is 1.27. The number of morpholine rings is 1. The molecular formula is C26H33ClN4O4. The van der Waals surface area contributed by atoms with E-state index in [1.807, 2.05) is 41.8 Å². The van der Waals surface area contributed by atoms with Crippen molar-refractivity contribution in [3.8, 4) is 5.75 Å². The Morgan fingerprint density at radius 2 is 1.86 bits per heavy atom. The summed E-state index contributed by atoms with van der Waals surface area (Å²) >= 11 is 6.25. The van der Waals surface area contributed by atoms with Crippen LogP contribution in [0.25, 0.3) is 0 Å². The minimum absolute atomic E-state index is 0.000513. The molecule has 1 aromatic heterocycles. The number of ether oxygens (including phenoxy) is 2. The number of rotatable bonds is 5. The highest BCUT2D eigenvalue weighted by Gasteiger charge is 2.34. The van der Waals surface area contributed by atoms with Crippen molar-refractivity contribution in [2.75, 3.05) is 26.2 Å². The van der Waals surface area contributed by atoms with E-state index in [-0.39, 0.29) is 36.7 Å². The maximum absolute atomic E-state index is 13.4. The molecule has 2 saturated heterocycles. The Kier molecular flexibility index (Phi) is 7.02. The van der Waals surface area contributed by atoms with Gasteiger partial charge in [0.2, 0.25) is 5.91 Å². The molecule has 1 unspecified atom stereocenters. The Morgan fingerprint density at radius 3 is 2.63 bits per heavy atom. The number of para-hydroxylation sites is 1. The van der Waals surface area contributed by atoms with Crippen LogP contribution in [0.5, 0.6) is 5.75 Å². The lowest BCUT2D eigenvalue weighted by molar-refractivity contribution is -0.134. The molecule has 0 N–H and O–H groups in total. The molecule has 9 heteroatoms. The van der Waals surface area contributed by atoms with Crippen LogP contribution in [0.4, 0.5) is 0 Å². The van der Waals surface area contributed by atoms with Crippen LogP contribution in [-0.2, 0) is 28.9 Å². The third kappa shape index (κ3) is 5.19. The van der Waals surface area contributed by atoms with Gasteiger partial charge in [-0.25, -0.2) is 0 Å². The Morgan fingerprint density at radius 1 is 1.09 bits per heavy atom. The number of piperidine rings is 1. The number of fused-ring (bicyclic) bond motifs is 1. The summed E-state index contributed by atoms with van der Waals surface area (Å²) in [6, 6.07) is 7.42. The fraction of sp³-hybridized carbons (Fsp3) is 0.577. The summed E-state index contributed by atoms with van der Waals surface area (Å²) in [5.74, 6) is 0.595. The fourth-order valence-corrected chi connectivity index (χ4v) is 5.69. The summed E-state index contributed by atoms with van der Waals surface area (Å²) in [5, 5.41) is 5.25. The number of hydrogen-bond donors (Lipinski definition) is 0. The van der Waals surface area contributed by atoms with Crippen molar-refractivity contribution in [2.24, 2.45) is 0 Å². The molecule has 3 atom stereocenters. The third-order valence-corrected chi connectivity index (χ3v) is 7.37. The van der Waals surface area contributed by atoms with Crippen molar-refractivity contribution in [3.63, 3.8) is 0 Å². The van der Waals surface area contributed by atoms with E-state index in [9.17, 15) is 9.59 Å². The normalized spacial score (nSPS) is 24.4. The fourth-order valence-electron chi connectivity index (χ4n) is 5.51. The first-order chi connectivity index (χ1) is 16.9. The quantitative estimate of drug-likeness (QED) is 0.629. The molecule has 0 spiro atoms. The van der Waals surface area contributed by atoms with Gasteiger partial charge in [0.25, 0.3) is 5.91 Å². The maximum atomic E-state index is 13.4. The summed E-state index contributed by atoms with van der Waals surface area (Å²) < 4.78 is 13.7. The topological polar surface area (TPSA) is 76.9 Å². The average Bonchev–Trinajstić information content (AvgIpc) is 3.44. The van der Waals surface area contributed by atoms with E-state index in [0.29, 0.717) is 42.6 Å². The van der Waals surface area contributed by atoms with Gasteiger partial charge in [0, 0.05) is 30.9 Å². The SMILES string of the molecule is C[C@@H]1CN(C(=O)c2nn(CC(=O)N3CCCC(Oc4ccccc4Cl)C3)c3c2CCC3)C[C@H](C)O1. The van der Waals surface area contributed by atoms with E-state index >= 15 is 0 Å². The molecular weight excluding hydrogens is 468 g/mol. The molecule has 2 fully saturated rings. The molecule has 2 aliphatic heterocycles. The zero-order chi connectivity index (χ0) is 24.5. The summed E-state index contributed by atoms with van der Waals surface area (Å²) in [7, 11) is 0. The highest BCUT2D eigenvalue weighted by molar-refractivity contribution is 6.32. The van der Waals surface area contributed by atoms with Gasteiger partial charge in [-0.1, -0.05) is 23.7 Å². The van der Waals surface area contributed by atoms with E-state index in [1.54, 1.807) is 10.7 Å². The lowest BCUT2D eigenvalue weighted by Gasteiger charge is -2.35. The molecule has 2 amide bonds. The van der Waals surface area contributed by atoms with Crippen molar-refractivity contribution >= 4 is 23.4 Å². The standard InChI is InChI=1S/C26H33ClN4O4/c1-17-13-30(14-18(2)34-17)26(33)25-20-8-5-10-22(20)31(28-25)16-24(32)29-12-6-7-19(15-29)35-23-11-4-3-9-21(23)27/h3-4,9,11,17-19H,5-8,10,12-16H2,1-2H3/t17-,18+,19?. The predicted octanol–water partition coefficient (Wildman–Crippen LogP) is 3.34. The van der Waals surface area contributed by atoms with Crippen LogP contribution in [-0.4, -0.2) is 75.9 Å². The van der Waals surface area contributed by atoms with Crippen LogP contribution in [0.2, 0.25) is 5.02 Å². The summed E-state index contributed by atoms with van der Waals surface area (Å²) in [5.41, 5.74) is 2.54. The molecule has 0 radical (unpaired) electrons. The predicted molar refractivity (Wildman–Crippen MR) is 132 cm³/mol. The zero-order valence-corrected chi connectivity index (χ0v) is 21.2. The van der Waals surface area contributed by atoms with E-state index in [4.69, 9.17) is 21.1 Å². The number of benzene rings is 1. The van der Waals surface area contributed by atoms with Gasteiger partial charge in [0.1, 0.15) is 18.4 Å². The Labute approximate surface area is 211 Å². The number of carbonyl (C=O) groups excluding carboxylic acids is 2. The van der Waals surface area contributed by atoms with Crippen molar-refractivity contribution in [3.05, 3.63) is 46.2 Å². The number of hydrogen-bond acceptors (Lipinski definition) is 5. The number of likely N-dealkylation sites (tertiary alicyclic amines) is 1. The van der Waals surface area contributed by atoms with Crippen LogP contribution in [0, 0.1) is 0 Å².